The van der Waals surface area contributed by atoms with Crippen LogP contribution in [-0.2, 0) is 11.3 Å². The van der Waals surface area contributed by atoms with Gasteiger partial charge in [0, 0.05) is 16.7 Å². The molecule has 0 unspecified atom stereocenters. The summed E-state index contributed by atoms with van der Waals surface area (Å²) in [4.78, 5) is 12.2. The van der Waals surface area contributed by atoms with E-state index < -0.39 is 6.36 Å². The van der Waals surface area contributed by atoms with Crippen molar-refractivity contribution in [2.24, 2.45) is 0 Å². The van der Waals surface area contributed by atoms with E-state index >= 15 is 0 Å². The number of phenols is 1. The molecule has 0 aliphatic rings. The van der Waals surface area contributed by atoms with E-state index in [1.807, 2.05) is 6.92 Å². The first-order valence-electron chi connectivity index (χ1n) is 8.87. The van der Waals surface area contributed by atoms with Crippen molar-refractivity contribution >= 4 is 39.3 Å². The zero-order valence-electron chi connectivity index (χ0n) is 16.0. The summed E-state index contributed by atoms with van der Waals surface area (Å²) in [7, 11) is 0. The maximum Gasteiger partial charge on any atom is 0.573 e. The first-order chi connectivity index (χ1) is 14.7. The number of alkyl halides is 3. The average Bonchev–Trinajstić information content (AvgIpc) is 3.11. The maximum absolute atomic E-state index is 12.2. The van der Waals surface area contributed by atoms with Crippen molar-refractivity contribution in [2.45, 2.75) is 25.0 Å². The third-order valence-corrected chi connectivity index (χ3v) is 5.40. The summed E-state index contributed by atoms with van der Waals surface area (Å²) in [5.41, 5.74) is 0.832. The van der Waals surface area contributed by atoms with E-state index in [0.29, 0.717) is 28.8 Å². The second-order valence-corrected chi connectivity index (χ2v) is 7.98. The molecule has 0 aliphatic carbocycles. The number of nitrogens with one attached hydrogen (secondary N) is 1. The van der Waals surface area contributed by atoms with Crippen LogP contribution in [-0.4, -0.2) is 37.9 Å². The fourth-order valence-corrected chi connectivity index (χ4v) is 3.80. The van der Waals surface area contributed by atoms with Crippen molar-refractivity contribution < 1.29 is 27.8 Å². The summed E-state index contributed by atoms with van der Waals surface area (Å²) in [5, 5.41) is 21.5. The van der Waals surface area contributed by atoms with E-state index in [2.05, 4.69) is 36.2 Å². The number of aromatic hydroxyl groups is 1. The Bertz CT molecular complexity index is 1070. The third kappa shape index (κ3) is 6.14. The van der Waals surface area contributed by atoms with Crippen LogP contribution in [0.4, 0.5) is 18.9 Å². The lowest BCUT2D eigenvalue weighted by molar-refractivity contribution is -0.274. The summed E-state index contributed by atoms with van der Waals surface area (Å²) >= 11 is 4.50. The topological polar surface area (TPSA) is 89.3 Å². The van der Waals surface area contributed by atoms with Crippen molar-refractivity contribution in [3.63, 3.8) is 0 Å². The highest BCUT2D eigenvalue weighted by Crippen LogP contribution is 2.32. The number of hydrogen-bond donors (Lipinski definition) is 2. The van der Waals surface area contributed by atoms with Gasteiger partial charge in [-0.15, -0.1) is 23.4 Å². The number of hydrogen-bond acceptors (Lipinski definition) is 6. The van der Waals surface area contributed by atoms with Crippen molar-refractivity contribution in [3.05, 3.63) is 46.9 Å². The second-order valence-electron chi connectivity index (χ2n) is 6.12. The molecule has 0 spiro atoms. The number of carbonyl (C=O) groups is 1. The number of phenolic OH excluding ortho intramolecular Hbond substituents is 1. The van der Waals surface area contributed by atoms with Gasteiger partial charge in [0.15, 0.2) is 11.0 Å². The van der Waals surface area contributed by atoms with Gasteiger partial charge >= 0.3 is 6.36 Å². The maximum atomic E-state index is 12.2. The van der Waals surface area contributed by atoms with Crippen LogP contribution in [0.3, 0.4) is 0 Å². The van der Waals surface area contributed by atoms with Crippen LogP contribution in [0.2, 0.25) is 0 Å². The van der Waals surface area contributed by atoms with Gasteiger partial charge in [-0.1, -0.05) is 27.7 Å². The first kappa shape index (κ1) is 22.9. The number of aromatic nitrogens is 3. The molecule has 0 aliphatic heterocycles. The van der Waals surface area contributed by atoms with E-state index in [0.717, 1.165) is 28.4 Å². The smallest absolute Gasteiger partial charge is 0.507 e. The number of nitrogens with zero attached hydrogens (tertiary/aromatic N) is 3. The van der Waals surface area contributed by atoms with E-state index in [1.54, 1.807) is 22.8 Å². The number of thioether (sulfide) groups is 1. The Balaban J connectivity index is 1.64. The molecule has 1 amide bonds. The standard InChI is InChI=1S/C19H16BrF3N4O3S/c1-2-27-17(14-9-11(20)3-8-15(14)28)25-26-18(27)31-10-16(29)24-12-4-6-13(7-5-12)30-19(21,22)23/h3-9,28H,2,10H2,1H3,(H,24,29). The number of carbonyl (C=O) groups excluding carboxylic acids is 1. The Labute approximate surface area is 187 Å². The molecule has 1 aromatic heterocycles. The van der Waals surface area contributed by atoms with Gasteiger partial charge in [0.05, 0.1) is 11.3 Å². The van der Waals surface area contributed by atoms with Gasteiger partial charge in [-0.25, -0.2) is 0 Å². The zero-order valence-corrected chi connectivity index (χ0v) is 18.4. The highest BCUT2D eigenvalue weighted by atomic mass is 79.9. The molecule has 0 radical (unpaired) electrons. The summed E-state index contributed by atoms with van der Waals surface area (Å²) in [6, 6.07) is 9.81. The molecular weight excluding hydrogens is 501 g/mol. The van der Waals surface area contributed by atoms with Crippen LogP contribution in [0.15, 0.2) is 52.1 Å². The Morgan fingerprint density at radius 3 is 2.58 bits per heavy atom. The predicted molar refractivity (Wildman–Crippen MR) is 113 cm³/mol. The van der Waals surface area contributed by atoms with E-state index in [4.69, 9.17) is 0 Å². The molecule has 3 aromatic rings. The molecule has 2 aromatic carbocycles. The normalized spacial score (nSPS) is 11.4. The molecule has 7 nitrogen and oxygen atoms in total. The minimum absolute atomic E-state index is 0.00338. The minimum Gasteiger partial charge on any atom is -0.507 e. The first-order valence-corrected chi connectivity index (χ1v) is 10.6. The highest BCUT2D eigenvalue weighted by molar-refractivity contribution is 9.10. The summed E-state index contributed by atoms with van der Waals surface area (Å²) in [6.45, 7) is 2.40. The van der Waals surface area contributed by atoms with Crippen LogP contribution in [0.1, 0.15) is 6.92 Å². The summed E-state index contributed by atoms with van der Waals surface area (Å²) in [6.07, 6.45) is -4.78. The molecule has 0 fully saturated rings. The van der Waals surface area contributed by atoms with Gasteiger partial charge in [-0.05, 0) is 49.4 Å². The largest absolute Gasteiger partial charge is 0.573 e. The zero-order chi connectivity index (χ0) is 22.6. The van der Waals surface area contributed by atoms with Crippen molar-refractivity contribution in [2.75, 3.05) is 11.1 Å². The number of halogens is 4. The summed E-state index contributed by atoms with van der Waals surface area (Å²) in [5.74, 6) is -0.225. The Hall–Kier alpha value is -2.73. The van der Waals surface area contributed by atoms with Gasteiger partial charge in [-0.2, -0.15) is 0 Å². The molecule has 1 heterocycles. The van der Waals surface area contributed by atoms with Gasteiger partial charge in [0.1, 0.15) is 11.5 Å². The minimum atomic E-state index is -4.78. The molecule has 0 saturated heterocycles. The van der Waals surface area contributed by atoms with Crippen molar-refractivity contribution in [1.82, 2.24) is 14.8 Å². The molecule has 31 heavy (non-hydrogen) atoms. The van der Waals surface area contributed by atoms with Crippen molar-refractivity contribution in [1.29, 1.82) is 0 Å². The van der Waals surface area contributed by atoms with Gasteiger partial charge in [-0.3, -0.25) is 4.79 Å². The number of rotatable bonds is 7. The van der Waals surface area contributed by atoms with Gasteiger partial charge < -0.3 is 19.7 Å². The van der Waals surface area contributed by atoms with Crippen LogP contribution >= 0.6 is 27.7 Å². The van der Waals surface area contributed by atoms with Crippen LogP contribution < -0.4 is 10.1 Å². The lowest BCUT2D eigenvalue weighted by atomic mass is 10.2. The third-order valence-electron chi connectivity index (χ3n) is 3.94. The van der Waals surface area contributed by atoms with Gasteiger partial charge in [0.2, 0.25) is 5.91 Å². The Kier molecular flexibility index (Phi) is 7.11. The van der Waals surface area contributed by atoms with Crippen LogP contribution in [0, 0.1) is 0 Å². The molecule has 164 valence electrons. The lowest BCUT2D eigenvalue weighted by Gasteiger charge is -2.10. The Morgan fingerprint density at radius 1 is 1.23 bits per heavy atom. The SMILES string of the molecule is CCn1c(SCC(=O)Nc2ccc(OC(F)(F)F)cc2)nnc1-c1cc(Br)ccc1O. The van der Waals surface area contributed by atoms with Crippen LogP contribution in [0.25, 0.3) is 11.4 Å². The number of ether oxygens (including phenoxy) is 1. The molecule has 2 N–H and O–H groups in total. The van der Waals surface area contributed by atoms with Crippen LogP contribution in [0.5, 0.6) is 11.5 Å². The average molecular weight is 517 g/mol. The number of benzene rings is 2. The van der Waals surface area contributed by atoms with E-state index in [-0.39, 0.29) is 23.2 Å². The lowest BCUT2D eigenvalue weighted by Crippen LogP contribution is -2.17. The summed E-state index contributed by atoms with van der Waals surface area (Å²) < 4.78 is 42.9. The number of anilines is 1. The fraction of sp³-hybridized carbons (Fsp3) is 0.211. The highest BCUT2D eigenvalue weighted by Gasteiger charge is 2.31. The fourth-order valence-electron chi connectivity index (χ4n) is 2.63. The van der Waals surface area contributed by atoms with E-state index in [9.17, 15) is 23.1 Å². The molecule has 0 saturated carbocycles. The Morgan fingerprint density at radius 2 is 1.94 bits per heavy atom. The quantitative estimate of drug-likeness (QED) is 0.426. The molecule has 3 rings (SSSR count). The monoisotopic (exact) mass is 516 g/mol. The molecule has 0 bridgehead atoms. The van der Waals surface area contributed by atoms with E-state index in [1.165, 1.54) is 12.1 Å². The molecule has 0 atom stereocenters. The van der Waals surface area contributed by atoms with Crippen molar-refractivity contribution in [3.8, 4) is 22.9 Å². The molecular formula is C19H16BrF3N4O3S. The number of amides is 1. The predicted octanol–water partition coefficient (Wildman–Crippen LogP) is 5.06. The molecule has 12 heteroatoms. The second kappa shape index (κ2) is 9.60. The van der Waals surface area contributed by atoms with Gasteiger partial charge in [0.25, 0.3) is 0 Å².